The van der Waals surface area contributed by atoms with E-state index in [4.69, 9.17) is 20.5 Å². The lowest BCUT2D eigenvalue weighted by Gasteiger charge is -2.01. The van der Waals surface area contributed by atoms with Crippen LogP contribution in [0.15, 0.2) is 18.2 Å². The van der Waals surface area contributed by atoms with Crippen molar-refractivity contribution in [3.63, 3.8) is 0 Å². The average molecular weight is 258 g/mol. The van der Waals surface area contributed by atoms with E-state index >= 15 is 0 Å². The molecule has 1 aromatic heterocycles. The predicted molar refractivity (Wildman–Crippen MR) is 69.7 cm³/mol. The van der Waals surface area contributed by atoms with Crippen LogP contribution in [-0.4, -0.2) is 6.79 Å². The maximum Gasteiger partial charge on any atom is 0.231 e. The average Bonchev–Trinajstić information content (AvgIpc) is 2.93. The van der Waals surface area contributed by atoms with E-state index in [0.717, 1.165) is 27.5 Å². The largest absolute Gasteiger partial charge is 0.454 e. The van der Waals surface area contributed by atoms with Crippen LogP contribution in [0.2, 0.25) is 0 Å². The fourth-order valence-electron chi connectivity index (χ4n) is 1.99. The number of nitrogens with two attached hydrogens (primary N) is 1. The van der Waals surface area contributed by atoms with Gasteiger partial charge in [0, 0.05) is 4.88 Å². The highest BCUT2D eigenvalue weighted by molar-refractivity contribution is 7.19. The number of nitrogen functional groups attached to an aromatic ring is 1. The molecule has 0 bridgehead atoms. The first-order valence-electron chi connectivity index (χ1n) is 5.39. The Hall–Kier alpha value is -2.19. The number of ether oxygens (including phenoxy) is 2. The van der Waals surface area contributed by atoms with Gasteiger partial charge < -0.3 is 15.2 Å². The summed E-state index contributed by atoms with van der Waals surface area (Å²) in [5, 5.41) is 9.60. The minimum Gasteiger partial charge on any atom is -0.454 e. The van der Waals surface area contributed by atoms with E-state index in [-0.39, 0.29) is 6.79 Å². The Morgan fingerprint density at radius 2 is 2.11 bits per heavy atom. The van der Waals surface area contributed by atoms with Crippen LogP contribution in [0.3, 0.4) is 0 Å². The monoisotopic (exact) mass is 258 g/mol. The zero-order valence-corrected chi connectivity index (χ0v) is 10.5. The second-order valence-electron chi connectivity index (χ2n) is 3.98. The number of anilines is 1. The third kappa shape index (κ3) is 1.50. The topological polar surface area (TPSA) is 68.3 Å². The Labute approximate surface area is 108 Å². The van der Waals surface area contributed by atoms with Gasteiger partial charge in [-0.25, -0.2) is 0 Å². The number of thiophene rings is 1. The number of hydrogen-bond acceptors (Lipinski definition) is 5. The van der Waals surface area contributed by atoms with Gasteiger partial charge in [-0.3, -0.25) is 0 Å². The number of hydrogen-bond donors (Lipinski definition) is 1. The van der Waals surface area contributed by atoms with Crippen molar-refractivity contribution in [1.82, 2.24) is 0 Å². The molecule has 0 fully saturated rings. The quantitative estimate of drug-likeness (QED) is 0.854. The molecule has 1 aliphatic heterocycles. The molecule has 0 radical (unpaired) electrons. The summed E-state index contributed by atoms with van der Waals surface area (Å²) in [4.78, 5) is 1.00. The summed E-state index contributed by atoms with van der Waals surface area (Å²) in [5.41, 5.74) is 8.32. The highest BCUT2D eigenvalue weighted by Gasteiger charge is 2.18. The van der Waals surface area contributed by atoms with E-state index in [9.17, 15) is 0 Å². The van der Waals surface area contributed by atoms with Crippen LogP contribution < -0.4 is 15.2 Å². The first kappa shape index (κ1) is 10.9. The Kier molecular flexibility index (Phi) is 2.39. The molecule has 0 saturated heterocycles. The predicted octanol–water partition coefficient (Wildman–Crippen LogP) is 2.91. The fourth-order valence-corrected chi connectivity index (χ4v) is 3.01. The molecule has 0 unspecified atom stereocenters. The molecule has 0 amide bonds. The van der Waals surface area contributed by atoms with Crippen molar-refractivity contribution in [2.24, 2.45) is 0 Å². The molecule has 90 valence electrons. The normalized spacial score (nSPS) is 12.4. The Bertz CT molecular complexity index is 670. The Morgan fingerprint density at radius 1 is 1.33 bits per heavy atom. The van der Waals surface area contributed by atoms with Crippen molar-refractivity contribution in [3.05, 3.63) is 29.3 Å². The summed E-state index contributed by atoms with van der Waals surface area (Å²) in [6.07, 6.45) is 0. The molecule has 18 heavy (non-hydrogen) atoms. The highest BCUT2D eigenvalue weighted by atomic mass is 32.1. The first-order valence-corrected chi connectivity index (χ1v) is 6.21. The number of nitriles is 1. The third-order valence-electron chi connectivity index (χ3n) is 2.92. The molecular formula is C13H10N2O2S. The molecule has 4 nitrogen and oxygen atoms in total. The Morgan fingerprint density at radius 3 is 2.83 bits per heavy atom. The summed E-state index contributed by atoms with van der Waals surface area (Å²) in [7, 11) is 0. The molecule has 2 aromatic rings. The lowest BCUT2D eigenvalue weighted by atomic mass is 10.1. The third-order valence-corrected chi connectivity index (χ3v) is 4.09. The van der Waals surface area contributed by atoms with Crippen LogP contribution in [0.25, 0.3) is 10.4 Å². The van der Waals surface area contributed by atoms with E-state index in [0.29, 0.717) is 10.6 Å². The first-order chi connectivity index (χ1) is 8.70. The van der Waals surface area contributed by atoms with Gasteiger partial charge in [-0.15, -0.1) is 11.3 Å². The highest BCUT2D eigenvalue weighted by Crippen LogP contribution is 2.41. The zero-order valence-electron chi connectivity index (χ0n) is 9.69. The smallest absolute Gasteiger partial charge is 0.231 e. The van der Waals surface area contributed by atoms with Gasteiger partial charge in [0.2, 0.25) is 6.79 Å². The summed E-state index contributed by atoms with van der Waals surface area (Å²) < 4.78 is 10.6. The van der Waals surface area contributed by atoms with E-state index in [2.05, 4.69) is 6.07 Å². The summed E-state index contributed by atoms with van der Waals surface area (Å²) in [5.74, 6) is 1.49. The molecular weight excluding hydrogens is 248 g/mol. The van der Waals surface area contributed by atoms with Crippen LogP contribution in [0.4, 0.5) is 5.00 Å². The molecule has 1 aromatic carbocycles. The van der Waals surface area contributed by atoms with Crippen LogP contribution in [0.5, 0.6) is 11.5 Å². The van der Waals surface area contributed by atoms with Gasteiger partial charge in [0.05, 0.1) is 5.56 Å². The van der Waals surface area contributed by atoms with Gasteiger partial charge in [0.15, 0.2) is 11.5 Å². The van der Waals surface area contributed by atoms with Gasteiger partial charge >= 0.3 is 0 Å². The molecule has 2 heterocycles. The minimum absolute atomic E-state index is 0.258. The maximum atomic E-state index is 9.05. The van der Waals surface area contributed by atoms with E-state index in [1.807, 2.05) is 25.1 Å². The van der Waals surface area contributed by atoms with Crippen LogP contribution >= 0.6 is 11.3 Å². The van der Waals surface area contributed by atoms with E-state index in [1.54, 1.807) is 0 Å². The lowest BCUT2D eigenvalue weighted by Crippen LogP contribution is -1.92. The summed E-state index contributed by atoms with van der Waals surface area (Å²) in [6.45, 7) is 2.17. The second-order valence-corrected chi connectivity index (χ2v) is 5.03. The molecule has 0 saturated carbocycles. The molecule has 0 atom stereocenters. The molecule has 1 aliphatic rings. The maximum absolute atomic E-state index is 9.05. The van der Waals surface area contributed by atoms with E-state index < -0.39 is 0 Å². The van der Waals surface area contributed by atoms with Crippen molar-refractivity contribution in [2.75, 3.05) is 12.5 Å². The van der Waals surface area contributed by atoms with Crippen LogP contribution in [0, 0.1) is 18.3 Å². The molecule has 0 spiro atoms. The van der Waals surface area contributed by atoms with E-state index in [1.165, 1.54) is 11.3 Å². The number of rotatable bonds is 1. The van der Waals surface area contributed by atoms with Gasteiger partial charge in [0.25, 0.3) is 0 Å². The summed E-state index contributed by atoms with van der Waals surface area (Å²) in [6, 6.07) is 7.88. The number of fused-ring (bicyclic) bond motifs is 1. The van der Waals surface area contributed by atoms with Gasteiger partial charge in [0.1, 0.15) is 11.1 Å². The van der Waals surface area contributed by atoms with Gasteiger partial charge in [-0.1, -0.05) is 0 Å². The fraction of sp³-hybridized carbons (Fsp3) is 0.154. The van der Waals surface area contributed by atoms with Gasteiger partial charge in [-0.2, -0.15) is 5.26 Å². The lowest BCUT2D eigenvalue weighted by molar-refractivity contribution is 0.174. The SMILES string of the molecule is Cc1c(-c2ccc3c(c2)OCO3)sc(N)c1C#N. The van der Waals surface area contributed by atoms with Crippen molar-refractivity contribution in [2.45, 2.75) is 6.92 Å². The zero-order chi connectivity index (χ0) is 12.7. The molecule has 0 aliphatic carbocycles. The minimum atomic E-state index is 0.258. The van der Waals surface area contributed by atoms with Crippen LogP contribution in [-0.2, 0) is 0 Å². The number of benzene rings is 1. The molecule has 2 N–H and O–H groups in total. The molecule has 5 heteroatoms. The standard InChI is InChI=1S/C13H10N2O2S/c1-7-9(5-14)13(15)18-12(7)8-2-3-10-11(4-8)17-6-16-10/h2-4H,6,15H2,1H3. The second kappa shape index (κ2) is 3.93. The van der Waals surface area contributed by atoms with Crippen LogP contribution in [0.1, 0.15) is 11.1 Å². The van der Waals surface area contributed by atoms with Gasteiger partial charge in [-0.05, 0) is 36.2 Å². The summed E-state index contributed by atoms with van der Waals surface area (Å²) >= 11 is 1.42. The molecule has 3 rings (SSSR count). The van der Waals surface area contributed by atoms with Crippen molar-refractivity contribution in [1.29, 1.82) is 5.26 Å². The number of nitrogens with zero attached hydrogens (tertiary/aromatic N) is 1. The Balaban J connectivity index is 2.14. The van der Waals surface area contributed by atoms with Crippen molar-refractivity contribution in [3.8, 4) is 28.0 Å². The van der Waals surface area contributed by atoms with Crippen molar-refractivity contribution >= 4 is 16.3 Å². The van der Waals surface area contributed by atoms with Crippen molar-refractivity contribution < 1.29 is 9.47 Å².